The molecular formula is C22H24N6O4S2. The Hall–Kier alpha value is -3.22. The van der Waals surface area contributed by atoms with Gasteiger partial charge in [-0.3, -0.25) is 5.32 Å². The van der Waals surface area contributed by atoms with Gasteiger partial charge in [0.2, 0.25) is 15.0 Å². The van der Waals surface area contributed by atoms with E-state index in [0.717, 1.165) is 36.0 Å². The number of rotatable bonds is 3. The minimum Gasteiger partial charge on any atom is -0.444 e. The number of carbonyl (C=O) groups is 1. The molecule has 4 rings (SSSR count). The van der Waals surface area contributed by atoms with Crippen LogP contribution >= 0.6 is 11.3 Å². The third-order valence-corrected chi connectivity index (χ3v) is 7.81. The molecule has 1 fully saturated rings. The van der Waals surface area contributed by atoms with E-state index in [0.29, 0.717) is 23.7 Å². The lowest BCUT2D eigenvalue weighted by Crippen LogP contribution is -2.61. The van der Waals surface area contributed by atoms with Crippen molar-refractivity contribution in [2.24, 2.45) is 0 Å². The van der Waals surface area contributed by atoms with Crippen LogP contribution in [0.15, 0.2) is 11.4 Å². The van der Waals surface area contributed by atoms with E-state index in [2.05, 4.69) is 21.4 Å². The van der Waals surface area contributed by atoms with E-state index in [9.17, 15) is 23.7 Å². The van der Waals surface area contributed by atoms with Gasteiger partial charge in [-0.25, -0.2) is 18.2 Å². The first-order valence-corrected chi connectivity index (χ1v) is 13.4. The van der Waals surface area contributed by atoms with Crippen molar-refractivity contribution in [2.75, 3.05) is 29.6 Å². The zero-order chi connectivity index (χ0) is 24.9. The third kappa shape index (κ3) is 4.31. The fraction of sp³-hybridized carbons (Fsp3) is 0.500. The first-order chi connectivity index (χ1) is 15.9. The second-order valence-corrected chi connectivity index (χ2v) is 12.6. The number of amides is 1. The van der Waals surface area contributed by atoms with E-state index in [1.807, 2.05) is 11.0 Å². The first kappa shape index (κ1) is 23.9. The zero-order valence-electron chi connectivity index (χ0n) is 19.3. The predicted octanol–water partition coefficient (Wildman–Crippen LogP) is 3.13. The molecule has 1 spiro atoms. The smallest absolute Gasteiger partial charge is 0.412 e. The number of hydrogen-bond acceptors (Lipinski definition) is 10. The number of carbonyl (C=O) groups excluding carboxylic acids is 1. The number of anilines is 2. The van der Waals surface area contributed by atoms with Gasteiger partial charge in [0.25, 0.3) is 0 Å². The van der Waals surface area contributed by atoms with Crippen LogP contribution in [0.4, 0.5) is 15.6 Å². The Morgan fingerprint density at radius 1 is 1.29 bits per heavy atom. The van der Waals surface area contributed by atoms with E-state index in [-0.39, 0.29) is 22.0 Å². The fourth-order valence-electron chi connectivity index (χ4n) is 4.52. The molecule has 1 amide bonds. The van der Waals surface area contributed by atoms with E-state index < -0.39 is 21.5 Å². The average molecular weight is 501 g/mol. The SMILES string of the molecule is CC(C)(C)OC(=O)Nc1sc2c(c1C#N)C1(CCC2)CN(c2nc(S(C)(=O)=O)ncc2C#N)C1. The standard InChI is InChI=1S/C22H24N6O4S2/c1-21(2,3)32-20(29)27-18-14(9-24)16-15(33-18)6-5-7-22(16)11-28(12-22)17-13(8-23)10-25-19(26-17)34(4,30)31/h10H,5-7,11-12H2,1-4H3,(H,27,29). The summed E-state index contributed by atoms with van der Waals surface area (Å²) in [5.41, 5.74) is 0.544. The molecule has 0 bridgehead atoms. The summed E-state index contributed by atoms with van der Waals surface area (Å²) >= 11 is 1.39. The van der Waals surface area contributed by atoms with E-state index >= 15 is 0 Å². The summed E-state index contributed by atoms with van der Waals surface area (Å²) in [6.07, 6.45) is 4.19. The molecule has 1 aliphatic heterocycles. The molecule has 2 aromatic rings. The first-order valence-electron chi connectivity index (χ1n) is 10.7. The van der Waals surface area contributed by atoms with Crippen molar-refractivity contribution in [3.8, 4) is 12.1 Å². The lowest BCUT2D eigenvalue weighted by Gasteiger charge is -2.53. The molecule has 1 N–H and O–H groups in total. The molecule has 1 aliphatic carbocycles. The number of hydrogen-bond donors (Lipinski definition) is 1. The number of thiophene rings is 1. The van der Waals surface area contributed by atoms with Crippen LogP contribution in [-0.2, 0) is 26.4 Å². The highest BCUT2D eigenvalue weighted by Crippen LogP contribution is 2.51. The highest BCUT2D eigenvalue weighted by molar-refractivity contribution is 7.90. The summed E-state index contributed by atoms with van der Waals surface area (Å²) in [5, 5.41) is 22.3. The minimum atomic E-state index is -3.63. The van der Waals surface area contributed by atoms with Gasteiger partial charge in [0.05, 0.1) is 11.8 Å². The Bertz CT molecular complexity index is 1360. The maximum atomic E-state index is 12.3. The number of aromatic nitrogens is 2. The predicted molar refractivity (Wildman–Crippen MR) is 126 cm³/mol. The summed E-state index contributed by atoms with van der Waals surface area (Å²) in [5.74, 6) is 0.275. The molecule has 0 atom stereocenters. The second kappa shape index (κ2) is 8.22. The molecule has 12 heteroatoms. The molecule has 0 unspecified atom stereocenters. The topological polar surface area (TPSA) is 149 Å². The van der Waals surface area contributed by atoms with Crippen molar-refractivity contribution in [1.82, 2.24) is 9.97 Å². The molecule has 2 aliphatic rings. The highest BCUT2D eigenvalue weighted by atomic mass is 32.2. The monoisotopic (exact) mass is 500 g/mol. The molecule has 34 heavy (non-hydrogen) atoms. The van der Waals surface area contributed by atoms with Crippen molar-refractivity contribution < 1.29 is 17.9 Å². The Labute approximate surface area is 202 Å². The Morgan fingerprint density at radius 3 is 2.59 bits per heavy atom. The number of ether oxygens (including phenoxy) is 1. The van der Waals surface area contributed by atoms with Crippen LogP contribution in [0, 0.1) is 22.7 Å². The van der Waals surface area contributed by atoms with E-state index in [4.69, 9.17) is 4.74 Å². The van der Waals surface area contributed by atoms with Crippen molar-refractivity contribution >= 4 is 38.1 Å². The van der Waals surface area contributed by atoms with Crippen LogP contribution in [0.1, 0.15) is 55.2 Å². The van der Waals surface area contributed by atoms with Gasteiger partial charge in [-0.15, -0.1) is 11.3 Å². The summed E-state index contributed by atoms with van der Waals surface area (Å²) in [6.45, 7) is 6.27. The molecule has 0 radical (unpaired) electrons. The molecule has 0 saturated carbocycles. The van der Waals surface area contributed by atoms with Gasteiger partial charge in [0, 0.05) is 29.6 Å². The van der Waals surface area contributed by atoms with Crippen LogP contribution in [0.25, 0.3) is 0 Å². The minimum absolute atomic E-state index is 0.191. The molecule has 0 aromatic carbocycles. The highest BCUT2D eigenvalue weighted by Gasteiger charge is 2.50. The van der Waals surface area contributed by atoms with Crippen LogP contribution in [0.5, 0.6) is 0 Å². The average Bonchev–Trinajstić information content (AvgIpc) is 3.06. The fourth-order valence-corrected chi connectivity index (χ4v) is 6.32. The van der Waals surface area contributed by atoms with Crippen molar-refractivity contribution in [2.45, 2.75) is 56.2 Å². The van der Waals surface area contributed by atoms with Gasteiger partial charge in [0.15, 0.2) is 5.82 Å². The zero-order valence-corrected chi connectivity index (χ0v) is 20.9. The summed E-state index contributed by atoms with van der Waals surface area (Å²) in [7, 11) is -3.63. The number of nitriles is 2. The van der Waals surface area contributed by atoms with Crippen molar-refractivity contribution in [1.29, 1.82) is 10.5 Å². The number of fused-ring (bicyclic) bond motifs is 2. The summed E-state index contributed by atoms with van der Waals surface area (Å²) < 4.78 is 29.2. The van der Waals surface area contributed by atoms with Crippen LogP contribution in [0.2, 0.25) is 0 Å². The van der Waals surface area contributed by atoms with Gasteiger partial charge in [-0.1, -0.05) is 0 Å². The maximum Gasteiger partial charge on any atom is 0.412 e. The van der Waals surface area contributed by atoms with E-state index in [1.54, 1.807) is 20.8 Å². The number of nitrogens with one attached hydrogen (secondary N) is 1. The van der Waals surface area contributed by atoms with Crippen LogP contribution in [-0.4, -0.2) is 49.4 Å². The van der Waals surface area contributed by atoms with Crippen LogP contribution in [0.3, 0.4) is 0 Å². The third-order valence-electron chi connectivity index (χ3n) is 5.78. The van der Waals surface area contributed by atoms with Crippen molar-refractivity contribution in [3.05, 3.63) is 27.8 Å². The van der Waals surface area contributed by atoms with Crippen molar-refractivity contribution in [3.63, 3.8) is 0 Å². The Morgan fingerprint density at radius 2 is 2.00 bits per heavy atom. The lowest BCUT2D eigenvalue weighted by atomic mass is 9.66. The quantitative estimate of drug-likeness (QED) is 0.627. The van der Waals surface area contributed by atoms with Gasteiger partial charge in [0.1, 0.15) is 28.3 Å². The molecular weight excluding hydrogens is 476 g/mol. The second-order valence-electron chi connectivity index (χ2n) is 9.61. The molecule has 10 nitrogen and oxygen atoms in total. The largest absolute Gasteiger partial charge is 0.444 e. The van der Waals surface area contributed by atoms with Gasteiger partial charge in [-0.05, 0) is 45.6 Å². The Kier molecular flexibility index (Phi) is 5.78. The number of aryl methyl sites for hydroxylation is 1. The van der Waals surface area contributed by atoms with Crippen LogP contribution < -0.4 is 10.2 Å². The Balaban J connectivity index is 1.66. The summed E-state index contributed by atoms with van der Waals surface area (Å²) in [4.78, 5) is 23.2. The number of nitrogens with zero attached hydrogens (tertiary/aromatic N) is 5. The molecule has 1 saturated heterocycles. The molecule has 178 valence electrons. The normalized spacial score (nSPS) is 16.7. The van der Waals surface area contributed by atoms with Gasteiger partial charge < -0.3 is 9.64 Å². The maximum absolute atomic E-state index is 12.3. The molecule has 3 heterocycles. The number of sulfone groups is 1. The lowest BCUT2D eigenvalue weighted by molar-refractivity contribution is 0.0636. The van der Waals surface area contributed by atoms with Gasteiger partial charge >= 0.3 is 6.09 Å². The molecule has 2 aromatic heterocycles. The van der Waals surface area contributed by atoms with E-state index in [1.165, 1.54) is 17.5 Å². The summed E-state index contributed by atoms with van der Waals surface area (Å²) in [6, 6.07) is 4.29. The van der Waals surface area contributed by atoms with Gasteiger partial charge in [-0.2, -0.15) is 15.5 Å².